The number of rotatable bonds is 6. The van der Waals surface area contributed by atoms with Crippen molar-refractivity contribution in [2.75, 3.05) is 70.9 Å². The summed E-state index contributed by atoms with van der Waals surface area (Å²) in [5.74, 6) is 2.30. The number of piperidine rings is 1. The lowest BCUT2D eigenvalue weighted by Gasteiger charge is -2.46. The highest BCUT2D eigenvalue weighted by Gasteiger charge is 2.34. The number of fused-ring (bicyclic) bond motifs is 2. The second-order valence-electron chi connectivity index (χ2n) is 10.8. The van der Waals surface area contributed by atoms with Gasteiger partial charge in [0.25, 0.3) is 0 Å². The van der Waals surface area contributed by atoms with E-state index >= 15 is 0 Å². The summed E-state index contributed by atoms with van der Waals surface area (Å²) in [7, 11) is 2.21. The molecule has 0 bridgehead atoms. The first kappa shape index (κ1) is 23.7. The van der Waals surface area contributed by atoms with E-state index in [1.54, 1.807) is 0 Å². The normalized spacial score (nSPS) is 24.5. The van der Waals surface area contributed by atoms with Crippen molar-refractivity contribution in [2.45, 2.75) is 31.8 Å². The van der Waals surface area contributed by atoms with Gasteiger partial charge < -0.3 is 19.1 Å². The number of nitrogens with zero attached hydrogens (tertiary/aromatic N) is 6. The number of ether oxygens (including phenoxy) is 1. The van der Waals surface area contributed by atoms with Gasteiger partial charge in [0.1, 0.15) is 0 Å². The first-order chi connectivity index (χ1) is 17.7. The predicted molar refractivity (Wildman–Crippen MR) is 141 cm³/mol. The van der Waals surface area contributed by atoms with Crippen LogP contribution in [0.2, 0.25) is 0 Å². The maximum atomic E-state index is 6.14. The van der Waals surface area contributed by atoms with Crippen molar-refractivity contribution in [1.82, 2.24) is 24.8 Å². The minimum Gasteiger partial charge on any atom is -0.477 e. The molecule has 192 valence electrons. The Morgan fingerprint density at radius 1 is 0.972 bits per heavy atom. The summed E-state index contributed by atoms with van der Waals surface area (Å²) < 4.78 is 11.7. The molecule has 0 aliphatic carbocycles. The van der Waals surface area contributed by atoms with Crippen molar-refractivity contribution >= 4 is 16.8 Å². The predicted octanol–water partition coefficient (Wildman–Crippen LogP) is 3.34. The zero-order valence-corrected chi connectivity index (χ0v) is 21.4. The minimum absolute atomic E-state index is 0.552. The van der Waals surface area contributed by atoms with Gasteiger partial charge >= 0.3 is 0 Å². The van der Waals surface area contributed by atoms with Gasteiger partial charge in [-0.1, -0.05) is 23.4 Å². The van der Waals surface area contributed by atoms with E-state index in [0.29, 0.717) is 12.0 Å². The minimum atomic E-state index is 0.552. The van der Waals surface area contributed by atoms with Gasteiger partial charge in [-0.15, -0.1) is 0 Å². The molecule has 0 unspecified atom stereocenters. The average Bonchev–Trinajstić information content (AvgIpc) is 3.24. The van der Waals surface area contributed by atoms with Crippen LogP contribution in [0.25, 0.3) is 11.0 Å². The first-order valence-corrected chi connectivity index (χ1v) is 13.5. The van der Waals surface area contributed by atoms with Gasteiger partial charge in [-0.3, -0.25) is 9.80 Å². The van der Waals surface area contributed by atoms with Crippen LogP contribution in [0.1, 0.15) is 24.8 Å². The van der Waals surface area contributed by atoms with Crippen LogP contribution in [0.4, 0.5) is 5.82 Å². The Morgan fingerprint density at radius 3 is 2.83 bits per heavy atom. The molecule has 3 aliphatic rings. The Hall–Kier alpha value is -2.68. The van der Waals surface area contributed by atoms with E-state index < -0.39 is 0 Å². The molecule has 0 N–H and O–H groups in total. The van der Waals surface area contributed by atoms with E-state index in [-0.39, 0.29) is 0 Å². The van der Waals surface area contributed by atoms with E-state index in [1.807, 2.05) is 24.4 Å². The van der Waals surface area contributed by atoms with Crippen LogP contribution >= 0.6 is 0 Å². The molecule has 2 atom stereocenters. The lowest BCUT2D eigenvalue weighted by Crippen LogP contribution is -2.57. The topological polar surface area (TPSA) is 61.1 Å². The third-order valence-electron chi connectivity index (χ3n) is 8.15. The van der Waals surface area contributed by atoms with Crippen LogP contribution < -0.4 is 9.64 Å². The molecule has 3 aliphatic heterocycles. The smallest absolute Gasteiger partial charge is 0.213 e. The molecule has 0 spiro atoms. The zero-order valence-electron chi connectivity index (χ0n) is 21.4. The van der Waals surface area contributed by atoms with Crippen molar-refractivity contribution in [2.24, 2.45) is 5.92 Å². The zero-order chi connectivity index (χ0) is 24.3. The maximum Gasteiger partial charge on any atom is 0.213 e. The molecule has 1 aromatic carbocycles. The van der Waals surface area contributed by atoms with Crippen LogP contribution in [-0.2, 0) is 6.54 Å². The fourth-order valence-electron chi connectivity index (χ4n) is 6.00. The second-order valence-corrected chi connectivity index (χ2v) is 10.8. The van der Waals surface area contributed by atoms with Crippen LogP contribution in [0.15, 0.2) is 47.1 Å². The Balaban J connectivity index is 0.973. The molecule has 36 heavy (non-hydrogen) atoms. The SMILES string of the molecule is CN1CCCN(Cc2ccc(OC[C@@H]3CC[C@H]4CN(c5noc6ccccc56)CCN4C3)nc2)CC1. The summed E-state index contributed by atoms with van der Waals surface area (Å²) in [4.78, 5) is 14.6. The van der Waals surface area contributed by atoms with Gasteiger partial charge in [-0.2, -0.15) is 0 Å². The molecule has 3 saturated heterocycles. The molecular formula is C28H38N6O2. The molecule has 0 radical (unpaired) electrons. The number of piperazine rings is 1. The number of anilines is 1. The van der Waals surface area contributed by atoms with Crippen LogP contribution in [0, 0.1) is 5.92 Å². The molecule has 3 aromatic rings. The summed E-state index contributed by atoms with van der Waals surface area (Å²) in [6.45, 7) is 10.5. The third kappa shape index (κ3) is 5.36. The van der Waals surface area contributed by atoms with E-state index in [4.69, 9.17) is 9.26 Å². The van der Waals surface area contributed by atoms with Crippen molar-refractivity contribution in [3.8, 4) is 5.88 Å². The number of para-hydroxylation sites is 1. The Morgan fingerprint density at radius 2 is 1.92 bits per heavy atom. The van der Waals surface area contributed by atoms with Crippen molar-refractivity contribution in [3.05, 3.63) is 48.2 Å². The summed E-state index contributed by atoms with van der Waals surface area (Å²) in [5.41, 5.74) is 2.14. The highest BCUT2D eigenvalue weighted by atomic mass is 16.5. The van der Waals surface area contributed by atoms with E-state index in [9.17, 15) is 0 Å². The number of hydrogen-bond acceptors (Lipinski definition) is 8. The van der Waals surface area contributed by atoms with E-state index in [0.717, 1.165) is 81.6 Å². The Kier molecular flexibility index (Phi) is 7.07. The fraction of sp³-hybridized carbons (Fsp3) is 0.571. The number of pyridine rings is 1. The highest BCUT2D eigenvalue weighted by Crippen LogP contribution is 2.31. The van der Waals surface area contributed by atoms with Crippen molar-refractivity contribution in [1.29, 1.82) is 0 Å². The van der Waals surface area contributed by atoms with Crippen LogP contribution in [-0.4, -0.2) is 96.9 Å². The number of benzene rings is 1. The molecule has 3 fully saturated rings. The monoisotopic (exact) mass is 490 g/mol. The molecule has 8 nitrogen and oxygen atoms in total. The lowest BCUT2D eigenvalue weighted by atomic mass is 9.91. The Labute approximate surface area is 213 Å². The highest BCUT2D eigenvalue weighted by molar-refractivity contribution is 5.88. The van der Waals surface area contributed by atoms with Gasteiger partial charge in [0.15, 0.2) is 11.4 Å². The van der Waals surface area contributed by atoms with Gasteiger partial charge in [-0.25, -0.2) is 4.98 Å². The van der Waals surface area contributed by atoms with E-state index in [2.05, 4.69) is 55.0 Å². The molecule has 8 heteroatoms. The number of likely N-dealkylation sites (N-methyl/N-ethyl adjacent to an activating group) is 1. The third-order valence-corrected chi connectivity index (χ3v) is 8.15. The fourth-order valence-corrected chi connectivity index (χ4v) is 6.00. The summed E-state index contributed by atoms with van der Waals surface area (Å²) in [6.07, 6.45) is 5.61. The average molecular weight is 491 g/mol. The summed E-state index contributed by atoms with van der Waals surface area (Å²) in [6, 6.07) is 13.0. The number of hydrogen-bond donors (Lipinski definition) is 0. The lowest BCUT2D eigenvalue weighted by molar-refractivity contribution is 0.0716. The van der Waals surface area contributed by atoms with Gasteiger partial charge in [0.2, 0.25) is 5.88 Å². The van der Waals surface area contributed by atoms with E-state index in [1.165, 1.54) is 31.4 Å². The molecular weight excluding hydrogens is 452 g/mol. The van der Waals surface area contributed by atoms with Gasteiger partial charge in [0.05, 0.1) is 12.0 Å². The van der Waals surface area contributed by atoms with Crippen molar-refractivity contribution < 1.29 is 9.26 Å². The first-order valence-electron chi connectivity index (χ1n) is 13.5. The molecule has 0 amide bonds. The van der Waals surface area contributed by atoms with Crippen LogP contribution in [0.3, 0.4) is 0 Å². The van der Waals surface area contributed by atoms with Gasteiger partial charge in [-0.05, 0) is 57.1 Å². The summed E-state index contributed by atoms with van der Waals surface area (Å²) >= 11 is 0. The second kappa shape index (κ2) is 10.7. The number of aromatic nitrogens is 2. The summed E-state index contributed by atoms with van der Waals surface area (Å²) in [5, 5.41) is 5.50. The maximum absolute atomic E-state index is 6.14. The molecule has 2 aromatic heterocycles. The van der Waals surface area contributed by atoms with Gasteiger partial charge in [0, 0.05) is 70.0 Å². The molecule has 6 rings (SSSR count). The standard InChI is InChI=1S/C28H38N6O2/c1-31-11-4-12-32(14-13-31)18-22-8-10-27(29-17-22)35-21-23-7-9-24-20-34(16-15-33(24)19-23)28-25-5-2-3-6-26(25)36-30-28/h2-3,5-6,8,10,17,23-24H,4,7,9,11-16,18-21H2,1H3/t23-,24+/m1/s1. The largest absolute Gasteiger partial charge is 0.477 e. The van der Waals surface area contributed by atoms with Crippen molar-refractivity contribution in [3.63, 3.8) is 0 Å². The Bertz CT molecular complexity index is 1130. The molecule has 5 heterocycles. The quantitative estimate of drug-likeness (QED) is 0.522. The molecule has 0 saturated carbocycles. The van der Waals surface area contributed by atoms with Crippen LogP contribution in [0.5, 0.6) is 5.88 Å².